The van der Waals surface area contributed by atoms with Crippen molar-refractivity contribution in [1.82, 2.24) is 5.32 Å². The predicted molar refractivity (Wildman–Crippen MR) is 89.3 cm³/mol. The number of esters is 1. The molecule has 7 heteroatoms. The molecule has 0 heterocycles. The lowest BCUT2D eigenvalue weighted by Crippen LogP contribution is -2.41. The number of carbonyl (C=O) groups excluding carboxylic acids is 2. The van der Waals surface area contributed by atoms with Gasteiger partial charge in [-0.1, -0.05) is 48.0 Å². The summed E-state index contributed by atoms with van der Waals surface area (Å²) >= 11 is 0. The molecule has 0 saturated heterocycles. The molecule has 0 aromatic heterocycles. The largest absolute Gasteiger partial charge is 0.481 e. The summed E-state index contributed by atoms with van der Waals surface area (Å²) in [6.45, 7) is 10.9. The van der Waals surface area contributed by atoms with Gasteiger partial charge in [-0.25, -0.2) is 4.79 Å². The quantitative estimate of drug-likeness (QED) is 0.466. The van der Waals surface area contributed by atoms with Gasteiger partial charge < -0.3 is 19.9 Å². The summed E-state index contributed by atoms with van der Waals surface area (Å²) in [5, 5.41) is 11.5. The highest BCUT2D eigenvalue weighted by atomic mass is 16.7. The van der Waals surface area contributed by atoms with Crippen molar-refractivity contribution in [1.29, 1.82) is 0 Å². The molecule has 0 aliphatic carbocycles. The standard InChI is InChI=1S/C17H31NO6/c1-7-12(6)8-13(9-14(19)20)18-17(22)24-16(11(4)5)23-15(21)10(2)3/h10-13,16H,7-9H2,1-6H3,(H,18,22)(H,19,20)/t12-,13+,16+/m1/s1. The third-order valence-corrected chi connectivity index (χ3v) is 3.60. The van der Waals surface area contributed by atoms with Gasteiger partial charge in [0, 0.05) is 12.0 Å². The van der Waals surface area contributed by atoms with Gasteiger partial charge in [-0.15, -0.1) is 0 Å². The molecule has 0 radical (unpaired) electrons. The van der Waals surface area contributed by atoms with E-state index in [4.69, 9.17) is 14.6 Å². The third kappa shape index (κ3) is 9.37. The number of aliphatic carboxylic acids is 1. The van der Waals surface area contributed by atoms with Gasteiger partial charge in [0.1, 0.15) is 0 Å². The molecule has 2 N–H and O–H groups in total. The summed E-state index contributed by atoms with van der Waals surface area (Å²) in [6, 6.07) is -0.529. The second-order valence-corrected chi connectivity index (χ2v) is 6.80. The molecule has 0 spiro atoms. The van der Waals surface area contributed by atoms with Gasteiger partial charge >= 0.3 is 18.0 Å². The summed E-state index contributed by atoms with van der Waals surface area (Å²) in [6.07, 6.45) is -0.546. The van der Waals surface area contributed by atoms with E-state index in [0.29, 0.717) is 6.42 Å². The van der Waals surface area contributed by atoms with Gasteiger partial charge in [0.05, 0.1) is 12.3 Å². The van der Waals surface area contributed by atoms with Gasteiger partial charge in [-0.3, -0.25) is 9.59 Å². The molecule has 7 nitrogen and oxygen atoms in total. The van der Waals surface area contributed by atoms with E-state index in [1.165, 1.54) is 0 Å². The first-order valence-electron chi connectivity index (χ1n) is 8.46. The van der Waals surface area contributed by atoms with Crippen molar-refractivity contribution in [2.24, 2.45) is 17.8 Å². The smallest absolute Gasteiger partial charge is 0.410 e. The van der Waals surface area contributed by atoms with Crippen LogP contribution >= 0.6 is 0 Å². The second-order valence-electron chi connectivity index (χ2n) is 6.80. The van der Waals surface area contributed by atoms with E-state index >= 15 is 0 Å². The molecule has 0 bridgehead atoms. The Morgan fingerprint density at radius 2 is 1.62 bits per heavy atom. The molecule has 0 rings (SSSR count). The minimum Gasteiger partial charge on any atom is -0.481 e. The molecular weight excluding hydrogens is 314 g/mol. The highest BCUT2D eigenvalue weighted by molar-refractivity contribution is 5.73. The van der Waals surface area contributed by atoms with Crippen LogP contribution in [0.3, 0.4) is 0 Å². The number of carboxylic acids is 1. The van der Waals surface area contributed by atoms with Crippen molar-refractivity contribution in [3.8, 4) is 0 Å². The number of rotatable bonds is 10. The number of hydrogen-bond acceptors (Lipinski definition) is 5. The Balaban J connectivity index is 4.75. The van der Waals surface area contributed by atoms with Crippen LogP contribution in [0.2, 0.25) is 0 Å². The van der Waals surface area contributed by atoms with Crippen LogP contribution in [0.1, 0.15) is 60.8 Å². The van der Waals surface area contributed by atoms with E-state index in [1.807, 2.05) is 13.8 Å². The summed E-state index contributed by atoms with van der Waals surface area (Å²) in [5.41, 5.74) is 0. The first-order chi connectivity index (χ1) is 11.1. The third-order valence-electron chi connectivity index (χ3n) is 3.60. The summed E-state index contributed by atoms with van der Waals surface area (Å²) in [4.78, 5) is 34.7. The van der Waals surface area contributed by atoms with Gasteiger partial charge in [0.25, 0.3) is 6.29 Å². The molecule has 0 aromatic rings. The van der Waals surface area contributed by atoms with Gasteiger partial charge in [-0.05, 0) is 12.3 Å². The molecule has 0 fully saturated rings. The molecule has 0 saturated carbocycles. The van der Waals surface area contributed by atoms with Crippen molar-refractivity contribution in [2.45, 2.75) is 73.1 Å². The molecule has 140 valence electrons. The number of alkyl carbamates (subject to hydrolysis) is 1. The zero-order valence-corrected chi connectivity index (χ0v) is 15.5. The van der Waals surface area contributed by atoms with E-state index in [-0.39, 0.29) is 24.2 Å². The first-order valence-corrected chi connectivity index (χ1v) is 8.46. The van der Waals surface area contributed by atoms with E-state index in [1.54, 1.807) is 27.7 Å². The number of hydrogen-bond donors (Lipinski definition) is 2. The zero-order chi connectivity index (χ0) is 18.9. The lowest BCUT2D eigenvalue weighted by Gasteiger charge is -2.25. The fourth-order valence-corrected chi connectivity index (χ4v) is 1.91. The minimum absolute atomic E-state index is 0.183. The van der Waals surface area contributed by atoms with Crippen molar-refractivity contribution < 1.29 is 29.0 Å². The highest BCUT2D eigenvalue weighted by Crippen LogP contribution is 2.15. The van der Waals surface area contributed by atoms with E-state index in [9.17, 15) is 14.4 Å². The maximum Gasteiger partial charge on any atom is 0.410 e. The van der Waals surface area contributed by atoms with Gasteiger partial charge in [0.2, 0.25) is 0 Å². The highest BCUT2D eigenvalue weighted by Gasteiger charge is 2.26. The van der Waals surface area contributed by atoms with Crippen molar-refractivity contribution in [3.63, 3.8) is 0 Å². The Labute approximate surface area is 144 Å². The normalized spacial score (nSPS) is 14.8. The maximum atomic E-state index is 12.1. The van der Waals surface area contributed by atoms with Crippen LogP contribution in [0, 0.1) is 17.8 Å². The average molecular weight is 345 g/mol. The molecule has 0 aliphatic rings. The van der Waals surface area contributed by atoms with Crippen molar-refractivity contribution in [3.05, 3.63) is 0 Å². The Morgan fingerprint density at radius 1 is 1.04 bits per heavy atom. The number of carbonyl (C=O) groups is 3. The van der Waals surface area contributed by atoms with Crippen LogP contribution in [-0.4, -0.2) is 35.5 Å². The summed E-state index contributed by atoms with van der Waals surface area (Å²) in [7, 11) is 0. The SMILES string of the molecule is CC[C@@H](C)C[C@@H](CC(=O)O)NC(=O)O[C@H](OC(=O)C(C)C)C(C)C. The number of carboxylic acid groups (broad SMARTS) is 1. The van der Waals surface area contributed by atoms with Crippen LogP contribution < -0.4 is 5.32 Å². The van der Waals surface area contributed by atoms with Crippen LogP contribution in [0.5, 0.6) is 0 Å². The Kier molecular flexibility index (Phi) is 10.1. The number of ether oxygens (including phenoxy) is 2. The minimum atomic E-state index is -1.01. The fourth-order valence-electron chi connectivity index (χ4n) is 1.91. The lowest BCUT2D eigenvalue weighted by molar-refractivity contribution is -0.178. The Hall–Kier alpha value is -1.79. The lowest BCUT2D eigenvalue weighted by atomic mass is 9.97. The Bertz CT molecular complexity index is 421. The topological polar surface area (TPSA) is 102 Å². The second kappa shape index (κ2) is 10.9. The molecule has 24 heavy (non-hydrogen) atoms. The van der Waals surface area contributed by atoms with E-state index < -0.39 is 30.4 Å². The predicted octanol–water partition coefficient (Wildman–Crippen LogP) is 3.17. The van der Waals surface area contributed by atoms with Gasteiger partial charge in [0.15, 0.2) is 0 Å². The first kappa shape index (κ1) is 22.2. The summed E-state index contributed by atoms with van der Waals surface area (Å²) in [5.74, 6) is -1.72. The van der Waals surface area contributed by atoms with Gasteiger partial charge in [-0.2, -0.15) is 0 Å². The van der Waals surface area contributed by atoms with Crippen molar-refractivity contribution in [2.75, 3.05) is 0 Å². The van der Waals surface area contributed by atoms with Crippen LogP contribution in [-0.2, 0) is 19.1 Å². The van der Waals surface area contributed by atoms with E-state index in [2.05, 4.69) is 5.32 Å². The zero-order valence-electron chi connectivity index (χ0n) is 15.5. The molecule has 0 unspecified atom stereocenters. The van der Waals surface area contributed by atoms with E-state index in [0.717, 1.165) is 6.42 Å². The summed E-state index contributed by atoms with van der Waals surface area (Å²) < 4.78 is 10.3. The van der Waals surface area contributed by atoms with Crippen LogP contribution in [0.4, 0.5) is 4.79 Å². The monoisotopic (exact) mass is 345 g/mol. The van der Waals surface area contributed by atoms with Crippen LogP contribution in [0.15, 0.2) is 0 Å². The average Bonchev–Trinajstić information content (AvgIpc) is 2.44. The molecule has 3 atom stereocenters. The molecule has 1 amide bonds. The number of nitrogens with one attached hydrogen (secondary N) is 1. The van der Waals surface area contributed by atoms with Crippen molar-refractivity contribution >= 4 is 18.0 Å². The molecule has 0 aromatic carbocycles. The molecule has 0 aliphatic heterocycles. The molecular formula is C17H31NO6. The Morgan fingerprint density at radius 3 is 2.04 bits per heavy atom. The fraction of sp³-hybridized carbons (Fsp3) is 0.824. The maximum absolute atomic E-state index is 12.1. The van der Waals surface area contributed by atoms with Crippen LogP contribution in [0.25, 0.3) is 0 Å². The number of amides is 1.